The number of hydrogen-bond acceptors (Lipinski definition) is 4. The van der Waals surface area contributed by atoms with Gasteiger partial charge in [-0.25, -0.2) is 9.31 Å². The number of carbonyl (C=O) groups excluding carboxylic acids is 2. The van der Waals surface area contributed by atoms with Crippen LogP contribution in [0.15, 0.2) is 91.1 Å². The van der Waals surface area contributed by atoms with E-state index in [2.05, 4.69) is 5.10 Å². The molecule has 32 heavy (non-hydrogen) atoms. The van der Waals surface area contributed by atoms with Crippen LogP contribution in [0.2, 0.25) is 0 Å². The average Bonchev–Trinajstić information content (AvgIpc) is 3.25. The van der Waals surface area contributed by atoms with E-state index in [1.54, 1.807) is 35.8 Å². The van der Waals surface area contributed by atoms with Crippen LogP contribution in [-0.2, 0) is 4.74 Å². The van der Waals surface area contributed by atoms with Crippen molar-refractivity contribution in [1.29, 1.82) is 0 Å². The van der Waals surface area contributed by atoms with Crippen LogP contribution in [0, 0.1) is 0 Å². The van der Waals surface area contributed by atoms with E-state index in [0.717, 1.165) is 21.9 Å². The quantitative estimate of drug-likeness (QED) is 0.276. The fourth-order valence-corrected chi connectivity index (χ4v) is 3.94. The molecular weight excluding hydrogens is 400 g/mol. The molecule has 156 valence electrons. The minimum Gasteiger partial charge on any atom is -0.462 e. The van der Waals surface area contributed by atoms with E-state index in [-0.39, 0.29) is 12.4 Å². The van der Waals surface area contributed by atoms with E-state index in [4.69, 9.17) is 4.74 Å². The topological polar surface area (TPSA) is 60.7 Å². The highest BCUT2D eigenvalue weighted by atomic mass is 16.5. The highest BCUT2D eigenvalue weighted by Gasteiger charge is 2.24. The van der Waals surface area contributed by atoms with Crippen molar-refractivity contribution in [2.45, 2.75) is 6.92 Å². The maximum absolute atomic E-state index is 13.4. The minimum atomic E-state index is -0.471. The SMILES string of the molecule is CCOC(=O)c1cc(C(=O)c2ccc(-c3ccccc3)cc2)n2ncc3ccccc3c12. The van der Waals surface area contributed by atoms with Crippen LogP contribution in [-0.4, -0.2) is 28.0 Å². The van der Waals surface area contributed by atoms with Crippen LogP contribution in [0.25, 0.3) is 27.4 Å². The van der Waals surface area contributed by atoms with Gasteiger partial charge in [0.1, 0.15) is 5.69 Å². The summed E-state index contributed by atoms with van der Waals surface area (Å²) in [7, 11) is 0. The lowest BCUT2D eigenvalue weighted by Crippen LogP contribution is -2.07. The highest BCUT2D eigenvalue weighted by Crippen LogP contribution is 2.27. The van der Waals surface area contributed by atoms with E-state index in [9.17, 15) is 9.59 Å². The van der Waals surface area contributed by atoms with Gasteiger partial charge in [0, 0.05) is 16.3 Å². The Kier molecular flexibility index (Phi) is 5.00. The molecule has 5 nitrogen and oxygen atoms in total. The lowest BCUT2D eigenvalue weighted by atomic mass is 10.0. The first-order valence-electron chi connectivity index (χ1n) is 10.4. The second-order valence-corrected chi connectivity index (χ2v) is 7.43. The summed E-state index contributed by atoms with van der Waals surface area (Å²) in [6.07, 6.45) is 1.70. The fourth-order valence-electron chi connectivity index (χ4n) is 3.94. The van der Waals surface area contributed by atoms with Crippen molar-refractivity contribution in [1.82, 2.24) is 9.61 Å². The van der Waals surface area contributed by atoms with Gasteiger partial charge < -0.3 is 4.74 Å². The van der Waals surface area contributed by atoms with Crippen LogP contribution in [0.3, 0.4) is 0 Å². The molecule has 0 radical (unpaired) electrons. The van der Waals surface area contributed by atoms with Crippen molar-refractivity contribution < 1.29 is 14.3 Å². The first-order valence-corrected chi connectivity index (χ1v) is 10.4. The number of ketones is 1. The van der Waals surface area contributed by atoms with E-state index in [1.807, 2.05) is 66.7 Å². The Morgan fingerprint density at radius 2 is 1.56 bits per heavy atom. The number of fused-ring (bicyclic) bond motifs is 3. The van der Waals surface area contributed by atoms with Gasteiger partial charge in [0.15, 0.2) is 0 Å². The van der Waals surface area contributed by atoms with Gasteiger partial charge in [0.05, 0.1) is 23.9 Å². The van der Waals surface area contributed by atoms with Crippen LogP contribution < -0.4 is 0 Å². The van der Waals surface area contributed by atoms with Gasteiger partial charge in [0.2, 0.25) is 5.78 Å². The molecule has 3 aromatic carbocycles. The summed E-state index contributed by atoms with van der Waals surface area (Å²) in [5.74, 6) is -0.681. The first kappa shape index (κ1) is 19.7. The predicted molar refractivity (Wildman–Crippen MR) is 124 cm³/mol. The van der Waals surface area contributed by atoms with Crippen LogP contribution in [0.5, 0.6) is 0 Å². The first-order chi connectivity index (χ1) is 15.7. The highest BCUT2D eigenvalue weighted by molar-refractivity contribution is 6.14. The van der Waals surface area contributed by atoms with Gasteiger partial charge in [-0.05, 0) is 24.1 Å². The summed E-state index contributed by atoms with van der Waals surface area (Å²) in [5, 5.41) is 6.19. The Labute approximate surface area is 184 Å². The molecule has 0 unspecified atom stereocenters. The minimum absolute atomic E-state index is 0.210. The Morgan fingerprint density at radius 1 is 0.875 bits per heavy atom. The average molecular weight is 420 g/mol. The lowest BCUT2D eigenvalue weighted by Gasteiger charge is -2.06. The van der Waals surface area contributed by atoms with Crippen LogP contribution >= 0.6 is 0 Å². The van der Waals surface area contributed by atoms with E-state index in [1.165, 1.54) is 0 Å². The molecule has 0 spiro atoms. The summed E-state index contributed by atoms with van der Waals surface area (Å²) in [5.41, 5.74) is 3.86. The molecule has 0 aliphatic heterocycles. The Balaban J connectivity index is 1.63. The number of hydrogen-bond donors (Lipinski definition) is 0. The summed E-state index contributed by atoms with van der Waals surface area (Å²) in [4.78, 5) is 26.1. The predicted octanol–water partition coefficient (Wildman–Crippen LogP) is 5.56. The number of aromatic nitrogens is 2. The third kappa shape index (κ3) is 3.34. The number of benzene rings is 3. The number of nitrogens with zero attached hydrogens (tertiary/aromatic N) is 2. The van der Waals surface area contributed by atoms with Gasteiger partial charge in [-0.3, -0.25) is 4.79 Å². The molecule has 2 aromatic heterocycles. The Bertz CT molecular complexity index is 1450. The summed E-state index contributed by atoms with van der Waals surface area (Å²) in [6.45, 7) is 2.01. The van der Waals surface area contributed by atoms with Crippen LogP contribution in [0.1, 0.15) is 33.3 Å². The van der Waals surface area contributed by atoms with Gasteiger partial charge in [-0.1, -0.05) is 78.9 Å². The molecule has 5 aromatic rings. The zero-order chi connectivity index (χ0) is 22.1. The third-order valence-electron chi connectivity index (χ3n) is 5.49. The van der Waals surface area contributed by atoms with Crippen molar-refractivity contribution in [3.05, 3.63) is 108 Å². The molecule has 0 N–H and O–H groups in total. The molecule has 0 saturated carbocycles. The summed E-state index contributed by atoms with van der Waals surface area (Å²) >= 11 is 0. The smallest absolute Gasteiger partial charge is 0.340 e. The van der Waals surface area contributed by atoms with Gasteiger partial charge in [-0.2, -0.15) is 5.10 Å². The zero-order valence-corrected chi connectivity index (χ0v) is 17.5. The van der Waals surface area contributed by atoms with E-state index in [0.29, 0.717) is 22.3 Å². The normalized spacial score (nSPS) is 11.0. The molecule has 0 aliphatic rings. The molecule has 0 fully saturated rings. The van der Waals surface area contributed by atoms with Crippen molar-refractivity contribution in [3.8, 4) is 11.1 Å². The molecule has 0 aliphatic carbocycles. The summed E-state index contributed by atoms with van der Waals surface area (Å²) < 4.78 is 6.80. The second-order valence-electron chi connectivity index (χ2n) is 7.43. The van der Waals surface area contributed by atoms with E-state index >= 15 is 0 Å². The number of rotatable bonds is 5. The fraction of sp³-hybridized carbons (Fsp3) is 0.0741. The molecule has 2 heterocycles. The third-order valence-corrected chi connectivity index (χ3v) is 5.49. The zero-order valence-electron chi connectivity index (χ0n) is 17.5. The molecular formula is C27H20N2O3. The Hall–Kier alpha value is -4.25. The second kappa shape index (κ2) is 8.12. The molecule has 0 atom stereocenters. The van der Waals surface area contributed by atoms with Crippen molar-refractivity contribution in [2.24, 2.45) is 0 Å². The van der Waals surface area contributed by atoms with Gasteiger partial charge in [0.25, 0.3) is 0 Å². The molecule has 5 heteroatoms. The van der Waals surface area contributed by atoms with E-state index < -0.39 is 5.97 Å². The Morgan fingerprint density at radius 3 is 2.31 bits per heavy atom. The largest absolute Gasteiger partial charge is 0.462 e. The maximum Gasteiger partial charge on any atom is 0.340 e. The number of esters is 1. The standard InChI is InChI=1S/C27H20N2O3/c1-2-32-27(31)23-16-24(29-25(23)22-11-7-6-10-21(22)17-28-29)26(30)20-14-12-19(13-15-20)18-8-4-3-5-9-18/h3-17H,2H2,1H3. The molecule has 0 bridgehead atoms. The van der Waals surface area contributed by atoms with Gasteiger partial charge in [-0.15, -0.1) is 0 Å². The summed E-state index contributed by atoms with van der Waals surface area (Å²) in [6, 6.07) is 26.7. The molecule has 0 amide bonds. The molecule has 5 rings (SSSR count). The van der Waals surface area contributed by atoms with Crippen molar-refractivity contribution in [2.75, 3.05) is 6.61 Å². The maximum atomic E-state index is 13.4. The number of ether oxygens (including phenoxy) is 1. The monoisotopic (exact) mass is 420 g/mol. The van der Waals surface area contributed by atoms with Crippen molar-refractivity contribution >= 4 is 28.0 Å². The van der Waals surface area contributed by atoms with Crippen LogP contribution in [0.4, 0.5) is 0 Å². The lowest BCUT2D eigenvalue weighted by molar-refractivity contribution is 0.0529. The van der Waals surface area contributed by atoms with Gasteiger partial charge >= 0.3 is 5.97 Å². The molecule has 0 saturated heterocycles. The number of carbonyl (C=O) groups is 2. The van der Waals surface area contributed by atoms with Crippen molar-refractivity contribution in [3.63, 3.8) is 0 Å².